The van der Waals surface area contributed by atoms with Gasteiger partial charge in [-0.1, -0.05) is 37.0 Å². The summed E-state index contributed by atoms with van der Waals surface area (Å²) in [4.78, 5) is 30.3. The average molecular weight is 450 g/mol. The zero-order chi connectivity index (χ0) is 23.6. The van der Waals surface area contributed by atoms with E-state index in [1.807, 2.05) is 56.6 Å². The molecule has 2 amide bonds. The molecule has 1 fully saturated rings. The summed E-state index contributed by atoms with van der Waals surface area (Å²) in [5.74, 6) is -0.411. The standard InChI is InChI=1S/C25H31N5O3/c1-16-9-8-10-17(13-16)24-27-20(15-33-24)22(31)26-19-14-30(18-11-6-5-7-12-18)29-21(19)23(32)28-25(2,3)4/h8-10,13-15,18H,5-7,11-12H2,1-4H3,(H,26,31)(H,28,32). The van der Waals surface area contributed by atoms with Crippen molar-refractivity contribution < 1.29 is 14.0 Å². The predicted molar refractivity (Wildman–Crippen MR) is 126 cm³/mol. The van der Waals surface area contributed by atoms with Gasteiger partial charge in [0.1, 0.15) is 6.26 Å². The van der Waals surface area contributed by atoms with Crippen molar-refractivity contribution in [2.75, 3.05) is 5.32 Å². The third-order valence-corrected chi connectivity index (χ3v) is 5.63. The molecule has 0 bridgehead atoms. The number of amides is 2. The third-order valence-electron chi connectivity index (χ3n) is 5.63. The molecule has 0 unspecified atom stereocenters. The van der Waals surface area contributed by atoms with E-state index in [2.05, 4.69) is 20.7 Å². The number of oxazole rings is 1. The molecule has 8 heteroatoms. The second-order valence-corrected chi connectivity index (χ2v) is 9.73. The number of aromatic nitrogens is 3. The molecule has 3 aromatic rings. The first-order chi connectivity index (χ1) is 15.7. The third kappa shape index (κ3) is 5.50. The zero-order valence-corrected chi connectivity index (χ0v) is 19.6. The van der Waals surface area contributed by atoms with Crippen LogP contribution in [0.2, 0.25) is 0 Å². The second-order valence-electron chi connectivity index (χ2n) is 9.73. The fourth-order valence-electron chi connectivity index (χ4n) is 4.06. The minimum atomic E-state index is -0.453. The summed E-state index contributed by atoms with van der Waals surface area (Å²) in [6.45, 7) is 7.70. The molecule has 1 aliphatic carbocycles. The highest BCUT2D eigenvalue weighted by atomic mass is 16.3. The van der Waals surface area contributed by atoms with Crippen molar-refractivity contribution in [2.45, 2.75) is 71.4 Å². The Hall–Kier alpha value is -3.42. The van der Waals surface area contributed by atoms with Crippen LogP contribution in [0.5, 0.6) is 0 Å². The fraction of sp³-hybridized carbons (Fsp3) is 0.440. The van der Waals surface area contributed by atoms with Crippen LogP contribution >= 0.6 is 0 Å². The molecule has 0 radical (unpaired) electrons. The number of rotatable bonds is 5. The monoisotopic (exact) mass is 449 g/mol. The van der Waals surface area contributed by atoms with Crippen LogP contribution in [-0.2, 0) is 0 Å². The van der Waals surface area contributed by atoms with Crippen LogP contribution in [0.4, 0.5) is 5.69 Å². The van der Waals surface area contributed by atoms with Crippen LogP contribution in [0.15, 0.2) is 41.1 Å². The fourth-order valence-corrected chi connectivity index (χ4v) is 4.06. The van der Waals surface area contributed by atoms with E-state index in [-0.39, 0.29) is 23.3 Å². The molecule has 0 atom stereocenters. The number of hydrogen-bond acceptors (Lipinski definition) is 5. The molecule has 0 aliphatic heterocycles. The largest absolute Gasteiger partial charge is 0.444 e. The van der Waals surface area contributed by atoms with E-state index in [4.69, 9.17) is 4.42 Å². The van der Waals surface area contributed by atoms with Gasteiger partial charge in [0.2, 0.25) is 5.89 Å². The Morgan fingerprint density at radius 1 is 1.12 bits per heavy atom. The average Bonchev–Trinajstić information content (AvgIpc) is 3.41. The molecule has 1 aromatic carbocycles. The number of carbonyl (C=O) groups excluding carboxylic acids is 2. The Morgan fingerprint density at radius 2 is 1.88 bits per heavy atom. The van der Waals surface area contributed by atoms with Gasteiger partial charge in [-0.25, -0.2) is 4.98 Å². The van der Waals surface area contributed by atoms with Crippen molar-refractivity contribution in [3.8, 4) is 11.5 Å². The Balaban J connectivity index is 1.58. The molecule has 1 saturated carbocycles. The SMILES string of the molecule is Cc1cccc(-c2nc(C(=O)Nc3cn(C4CCCCC4)nc3C(=O)NC(C)(C)C)co2)c1. The Kier molecular flexibility index (Phi) is 6.35. The van der Waals surface area contributed by atoms with Crippen molar-refractivity contribution in [2.24, 2.45) is 0 Å². The maximum atomic E-state index is 13.0. The molecule has 0 saturated heterocycles. The van der Waals surface area contributed by atoms with Crippen molar-refractivity contribution >= 4 is 17.5 Å². The number of benzene rings is 1. The van der Waals surface area contributed by atoms with Crippen molar-refractivity contribution in [1.82, 2.24) is 20.1 Å². The van der Waals surface area contributed by atoms with Crippen molar-refractivity contribution in [3.05, 3.63) is 53.7 Å². The minimum absolute atomic E-state index is 0.138. The van der Waals surface area contributed by atoms with Gasteiger partial charge in [0.15, 0.2) is 11.4 Å². The maximum absolute atomic E-state index is 13.0. The van der Waals surface area contributed by atoms with Crippen LogP contribution in [0.1, 0.15) is 85.5 Å². The predicted octanol–water partition coefficient (Wildman–Crippen LogP) is 5.13. The van der Waals surface area contributed by atoms with E-state index in [0.29, 0.717) is 11.6 Å². The van der Waals surface area contributed by atoms with E-state index in [1.54, 1.807) is 6.20 Å². The lowest BCUT2D eigenvalue weighted by molar-refractivity contribution is 0.0913. The minimum Gasteiger partial charge on any atom is -0.444 e. The second kappa shape index (κ2) is 9.21. The molecule has 4 rings (SSSR count). The van der Waals surface area contributed by atoms with E-state index in [0.717, 1.165) is 36.8 Å². The molecule has 174 valence electrons. The normalized spacial score (nSPS) is 14.8. The number of aryl methyl sites for hydroxylation is 1. The Bertz CT molecular complexity index is 1150. The molecule has 8 nitrogen and oxygen atoms in total. The lowest BCUT2D eigenvalue weighted by atomic mass is 9.96. The van der Waals surface area contributed by atoms with Gasteiger partial charge in [-0.15, -0.1) is 0 Å². The van der Waals surface area contributed by atoms with Crippen LogP contribution in [0.25, 0.3) is 11.5 Å². The van der Waals surface area contributed by atoms with E-state index < -0.39 is 11.4 Å². The van der Waals surface area contributed by atoms with Crippen LogP contribution in [0.3, 0.4) is 0 Å². The number of carbonyl (C=O) groups is 2. The molecule has 0 spiro atoms. The van der Waals surface area contributed by atoms with Gasteiger partial charge >= 0.3 is 0 Å². The van der Waals surface area contributed by atoms with Gasteiger partial charge in [0.25, 0.3) is 11.8 Å². The summed E-state index contributed by atoms with van der Waals surface area (Å²) >= 11 is 0. The molecule has 2 heterocycles. The van der Waals surface area contributed by atoms with Crippen LogP contribution in [0, 0.1) is 6.92 Å². The first kappa shape index (κ1) is 22.8. The van der Waals surface area contributed by atoms with Gasteiger partial charge < -0.3 is 15.1 Å². The molecular formula is C25H31N5O3. The number of hydrogen-bond donors (Lipinski definition) is 2. The first-order valence-corrected chi connectivity index (χ1v) is 11.5. The first-order valence-electron chi connectivity index (χ1n) is 11.5. The van der Waals surface area contributed by atoms with Gasteiger partial charge in [-0.05, 0) is 52.7 Å². The molecule has 33 heavy (non-hydrogen) atoms. The Labute approximate surface area is 193 Å². The molecule has 1 aliphatic rings. The van der Waals surface area contributed by atoms with E-state index in [9.17, 15) is 9.59 Å². The zero-order valence-electron chi connectivity index (χ0n) is 19.6. The summed E-state index contributed by atoms with van der Waals surface area (Å²) in [5, 5.41) is 10.3. The number of nitrogens with zero attached hydrogens (tertiary/aromatic N) is 3. The maximum Gasteiger partial charge on any atom is 0.277 e. The topological polar surface area (TPSA) is 102 Å². The lowest BCUT2D eigenvalue weighted by Gasteiger charge is -2.22. The summed E-state index contributed by atoms with van der Waals surface area (Å²) in [6, 6.07) is 7.94. The summed E-state index contributed by atoms with van der Waals surface area (Å²) < 4.78 is 7.36. The Morgan fingerprint density at radius 3 is 2.58 bits per heavy atom. The number of nitrogens with one attached hydrogen (secondary N) is 2. The smallest absolute Gasteiger partial charge is 0.277 e. The van der Waals surface area contributed by atoms with E-state index in [1.165, 1.54) is 12.7 Å². The van der Waals surface area contributed by atoms with Crippen LogP contribution < -0.4 is 10.6 Å². The van der Waals surface area contributed by atoms with Gasteiger partial charge in [-0.2, -0.15) is 5.10 Å². The highest BCUT2D eigenvalue weighted by molar-refractivity contribution is 6.07. The molecule has 2 N–H and O–H groups in total. The highest BCUT2D eigenvalue weighted by Crippen LogP contribution is 2.30. The van der Waals surface area contributed by atoms with Gasteiger partial charge in [0.05, 0.1) is 11.7 Å². The van der Waals surface area contributed by atoms with Crippen molar-refractivity contribution in [3.63, 3.8) is 0 Å². The summed E-state index contributed by atoms with van der Waals surface area (Å²) in [7, 11) is 0. The van der Waals surface area contributed by atoms with Crippen molar-refractivity contribution in [1.29, 1.82) is 0 Å². The lowest BCUT2D eigenvalue weighted by Crippen LogP contribution is -2.41. The quantitative estimate of drug-likeness (QED) is 0.562. The summed E-state index contributed by atoms with van der Waals surface area (Å²) in [6.07, 6.45) is 8.60. The number of anilines is 1. The molecular weight excluding hydrogens is 418 g/mol. The summed E-state index contributed by atoms with van der Waals surface area (Å²) in [5.41, 5.74) is 2.14. The van der Waals surface area contributed by atoms with Gasteiger partial charge in [0, 0.05) is 17.3 Å². The molecule has 2 aromatic heterocycles. The van der Waals surface area contributed by atoms with Gasteiger partial charge in [-0.3, -0.25) is 14.3 Å². The van der Waals surface area contributed by atoms with E-state index >= 15 is 0 Å². The van der Waals surface area contributed by atoms with Crippen LogP contribution in [-0.4, -0.2) is 32.1 Å². The highest BCUT2D eigenvalue weighted by Gasteiger charge is 2.26.